The number of halogens is 3. The molecule has 0 radical (unpaired) electrons. The highest BCUT2D eigenvalue weighted by Crippen LogP contribution is 2.18. The Kier molecular flexibility index (Phi) is 17.0. The average Bonchev–Trinajstić information content (AvgIpc) is 3.02. The molecule has 4 atom stereocenters. The molecule has 1 saturated heterocycles. The molecule has 1 aliphatic heterocycles. The van der Waals surface area contributed by atoms with E-state index in [1.807, 2.05) is 6.07 Å². The van der Waals surface area contributed by atoms with Gasteiger partial charge >= 0.3 is 12.1 Å². The molecule has 15 nitrogen and oxygen atoms in total. The summed E-state index contributed by atoms with van der Waals surface area (Å²) in [4.78, 5) is 79.1. The van der Waals surface area contributed by atoms with Gasteiger partial charge in [-0.3, -0.25) is 29.0 Å². The smallest absolute Gasteiger partial charge is 0.475 e. The van der Waals surface area contributed by atoms with Crippen LogP contribution in [0.4, 0.5) is 13.2 Å². The quantitative estimate of drug-likeness (QED) is 0.108. The molecule has 2 rings (SSSR count). The first-order valence-electron chi connectivity index (χ1n) is 15.7. The molecule has 1 aromatic carbocycles. The highest BCUT2D eigenvalue weighted by molar-refractivity contribution is 5.97. The molecule has 1 aliphatic rings. The standard InChI is InChI=1S/C29H46N8O5.C2HF3O2/c1-5-20-24(39)36-22(19-12-7-6-8-13-19)26(41)32-16-10-9-15-29(4,37-23(38)18(2)3)27(42)35-21(25(40)34-20)14-11-17-33-28(30)31;3-2(4,5)1(6)7/h6-8,12-13,18,20-22H,5,9-11,14-17H2,1-4H3,(H,32,41)(H,34,40)(H,35,42)(H,36,39)(H,37,38)(H4,30,31,33);(H,6,7)/t20?,21-,22+,29+;/m0./s1. The molecule has 0 aromatic heterocycles. The summed E-state index contributed by atoms with van der Waals surface area (Å²) in [6.45, 7) is 7.32. The maximum atomic E-state index is 13.6. The van der Waals surface area contributed by atoms with Crippen LogP contribution in [0.25, 0.3) is 0 Å². The van der Waals surface area contributed by atoms with Gasteiger partial charge in [0, 0.05) is 19.0 Å². The molecule has 274 valence electrons. The second-order valence-corrected chi connectivity index (χ2v) is 11.8. The lowest BCUT2D eigenvalue weighted by molar-refractivity contribution is -0.192. The number of carboxylic acid groups (broad SMARTS) is 1. The average molecular weight is 701 g/mol. The molecule has 0 saturated carbocycles. The second kappa shape index (κ2) is 19.8. The van der Waals surface area contributed by atoms with Crippen LogP contribution in [0.5, 0.6) is 0 Å². The summed E-state index contributed by atoms with van der Waals surface area (Å²) in [6, 6.07) is 5.86. The summed E-state index contributed by atoms with van der Waals surface area (Å²) >= 11 is 0. The van der Waals surface area contributed by atoms with Crippen LogP contribution in [-0.2, 0) is 28.8 Å². The first-order valence-corrected chi connectivity index (χ1v) is 15.7. The predicted octanol–water partition coefficient (Wildman–Crippen LogP) is 0.741. The van der Waals surface area contributed by atoms with E-state index < -0.39 is 59.4 Å². The number of amides is 5. The molecule has 1 aromatic rings. The van der Waals surface area contributed by atoms with E-state index in [1.165, 1.54) is 0 Å². The van der Waals surface area contributed by atoms with E-state index in [9.17, 15) is 37.1 Å². The van der Waals surface area contributed by atoms with Crippen molar-refractivity contribution in [3.63, 3.8) is 0 Å². The van der Waals surface area contributed by atoms with Gasteiger partial charge in [0.15, 0.2) is 5.96 Å². The molecule has 18 heteroatoms. The molecule has 0 bridgehead atoms. The molecule has 1 fully saturated rings. The lowest BCUT2D eigenvalue weighted by atomic mass is 9.91. The molecule has 0 spiro atoms. The Labute approximate surface area is 282 Å². The molecule has 1 unspecified atom stereocenters. The van der Waals surface area contributed by atoms with Crippen LogP contribution in [0, 0.1) is 5.92 Å². The Bertz CT molecular complexity index is 1320. The van der Waals surface area contributed by atoms with Gasteiger partial charge in [-0.2, -0.15) is 13.2 Å². The topological polar surface area (TPSA) is 247 Å². The van der Waals surface area contributed by atoms with Crippen LogP contribution in [-0.4, -0.2) is 83.5 Å². The Balaban J connectivity index is 0.00000154. The number of hydrogen-bond donors (Lipinski definition) is 8. The van der Waals surface area contributed by atoms with Crippen molar-refractivity contribution in [2.75, 3.05) is 13.1 Å². The van der Waals surface area contributed by atoms with Gasteiger partial charge in [0.1, 0.15) is 23.7 Å². The van der Waals surface area contributed by atoms with Crippen LogP contribution >= 0.6 is 0 Å². The zero-order chi connectivity index (χ0) is 37.4. The van der Waals surface area contributed by atoms with E-state index in [0.29, 0.717) is 31.4 Å². The number of rotatable bonds is 8. The molecule has 49 heavy (non-hydrogen) atoms. The van der Waals surface area contributed by atoms with Gasteiger partial charge in [-0.15, -0.1) is 0 Å². The Morgan fingerprint density at radius 1 is 1.00 bits per heavy atom. The molecule has 10 N–H and O–H groups in total. The van der Waals surface area contributed by atoms with Crippen LogP contribution in [0.1, 0.15) is 77.8 Å². The van der Waals surface area contributed by atoms with Gasteiger partial charge in [-0.05, 0) is 51.0 Å². The van der Waals surface area contributed by atoms with Gasteiger partial charge in [-0.1, -0.05) is 51.1 Å². The van der Waals surface area contributed by atoms with E-state index in [4.69, 9.17) is 21.4 Å². The molecular formula is C31H47F3N8O7. The number of nitrogens with zero attached hydrogens (tertiary/aromatic N) is 1. The van der Waals surface area contributed by atoms with Crippen molar-refractivity contribution in [3.05, 3.63) is 35.9 Å². The minimum atomic E-state index is -5.08. The van der Waals surface area contributed by atoms with Crippen molar-refractivity contribution < 1.29 is 47.0 Å². The summed E-state index contributed by atoms with van der Waals surface area (Å²) in [5.74, 6) is -5.57. The third kappa shape index (κ3) is 14.8. The van der Waals surface area contributed by atoms with Crippen LogP contribution in [0.15, 0.2) is 35.3 Å². The highest BCUT2D eigenvalue weighted by atomic mass is 19.4. The number of carboxylic acids is 1. The number of alkyl halides is 3. The normalized spacial score (nSPS) is 22.7. The maximum absolute atomic E-state index is 13.6. The Morgan fingerprint density at radius 3 is 2.12 bits per heavy atom. The fourth-order valence-corrected chi connectivity index (χ4v) is 4.47. The fraction of sp³-hybridized carbons (Fsp3) is 0.581. The van der Waals surface area contributed by atoms with Crippen molar-refractivity contribution in [1.29, 1.82) is 0 Å². The van der Waals surface area contributed by atoms with E-state index in [1.54, 1.807) is 52.0 Å². The third-order valence-electron chi connectivity index (χ3n) is 7.36. The number of benzene rings is 1. The molecule has 1 heterocycles. The Morgan fingerprint density at radius 2 is 1.59 bits per heavy atom. The van der Waals surface area contributed by atoms with Crippen molar-refractivity contribution in [2.24, 2.45) is 22.4 Å². The van der Waals surface area contributed by atoms with Gasteiger partial charge in [0.25, 0.3) is 0 Å². The van der Waals surface area contributed by atoms with E-state index in [0.717, 1.165) is 0 Å². The van der Waals surface area contributed by atoms with Crippen LogP contribution < -0.4 is 38.1 Å². The summed E-state index contributed by atoms with van der Waals surface area (Å²) < 4.78 is 31.7. The van der Waals surface area contributed by atoms with Gasteiger partial charge in [0.05, 0.1) is 0 Å². The number of nitrogens with one attached hydrogen (secondary N) is 5. The summed E-state index contributed by atoms with van der Waals surface area (Å²) in [6.07, 6.45) is -3.03. The summed E-state index contributed by atoms with van der Waals surface area (Å²) in [7, 11) is 0. The molecule has 5 amide bonds. The first kappa shape index (κ1) is 42.1. The number of guanidine groups is 1. The van der Waals surface area contributed by atoms with E-state index in [2.05, 4.69) is 31.6 Å². The lowest BCUT2D eigenvalue weighted by Gasteiger charge is -2.33. The number of aliphatic imine (C=N–C) groups is 1. The van der Waals surface area contributed by atoms with E-state index >= 15 is 0 Å². The largest absolute Gasteiger partial charge is 0.490 e. The number of carbonyl (C=O) groups is 6. The number of nitrogens with two attached hydrogens (primary N) is 2. The Hall–Kier alpha value is -4.90. The number of carbonyl (C=O) groups excluding carboxylic acids is 5. The van der Waals surface area contributed by atoms with Crippen LogP contribution in [0.3, 0.4) is 0 Å². The minimum absolute atomic E-state index is 0.0924. The maximum Gasteiger partial charge on any atom is 0.490 e. The number of hydrogen-bond acceptors (Lipinski definition) is 7. The molecule has 0 aliphatic carbocycles. The SMILES string of the molecule is CCC1NC(=O)[C@H](CCCN=C(N)N)NC(=O)[C@](C)(NC(=O)C(C)C)CCCCNC(=O)[C@@H](c2ccccc2)NC1=O.O=C(O)C(F)(F)F. The number of aliphatic carboxylic acids is 1. The summed E-state index contributed by atoms with van der Waals surface area (Å²) in [5.41, 5.74) is 10.1. The van der Waals surface area contributed by atoms with Gasteiger partial charge < -0.3 is 43.2 Å². The van der Waals surface area contributed by atoms with Crippen LogP contribution in [0.2, 0.25) is 0 Å². The minimum Gasteiger partial charge on any atom is -0.475 e. The zero-order valence-electron chi connectivity index (χ0n) is 28.0. The monoisotopic (exact) mass is 700 g/mol. The first-order chi connectivity index (χ1) is 22.8. The van der Waals surface area contributed by atoms with E-state index in [-0.39, 0.29) is 43.6 Å². The van der Waals surface area contributed by atoms with Gasteiger partial charge in [-0.25, -0.2) is 4.79 Å². The predicted molar refractivity (Wildman–Crippen MR) is 173 cm³/mol. The zero-order valence-corrected chi connectivity index (χ0v) is 28.0. The van der Waals surface area contributed by atoms with Crippen molar-refractivity contribution >= 4 is 41.5 Å². The van der Waals surface area contributed by atoms with Crippen molar-refractivity contribution in [2.45, 2.75) is 96.1 Å². The van der Waals surface area contributed by atoms with Crippen molar-refractivity contribution in [1.82, 2.24) is 26.6 Å². The van der Waals surface area contributed by atoms with Crippen molar-refractivity contribution in [3.8, 4) is 0 Å². The third-order valence-corrected chi connectivity index (χ3v) is 7.36. The second-order valence-electron chi connectivity index (χ2n) is 11.8. The fourth-order valence-electron chi connectivity index (χ4n) is 4.47. The molecular weight excluding hydrogens is 653 g/mol. The highest BCUT2D eigenvalue weighted by Gasteiger charge is 2.39. The lowest BCUT2D eigenvalue weighted by Crippen LogP contribution is -2.62. The van der Waals surface area contributed by atoms with Gasteiger partial charge in [0.2, 0.25) is 29.5 Å². The summed E-state index contributed by atoms with van der Waals surface area (Å²) in [5, 5.41) is 21.1.